The minimum absolute atomic E-state index is 0.000948. The summed E-state index contributed by atoms with van der Waals surface area (Å²) in [7, 11) is 0. The Morgan fingerprint density at radius 1 is 1.06 bits per heavy atom. The van der Waals surface area contributed by atoms with Gasteiger partial charge in [-0.1, -0.05) is 12.1 Å². The van der Waals surface area contributed by atoms with E-state index in [1.54, 1.807) is 0 Å². The molecule has 0 saturated carbocycles. The lowest BCUT2D eigenvalue weighted by atomic mass is 10.0. The number of nitrogens with one attached hydrogen (secondary N) is 2. The molecular formula is C21H15F2N3O5. The van der Waals surface area contributed by atoms with Gasteiger partial charge in [0, 0.05) is 18.5 Å². The van der Waals surface area contributed by atoms with E-state index in [0.717, 1.165) is 23.1 Å². The summed E-state index contributed by atoms with van der Waals surface area (Å²) in [6, 6.07) is 6.07. The molecule has 2 aliphatic heterocycles. The third-order valence-electron chi connectivity index (χ3n) is 5.18. The van der Waals surface area contributed by atoms with Crippen molar-refractivity contribution in [3.63, 3.8) is 0 Å². The predicted octanol–water partition coefficient (Wildman–Crippen LogP) is 1.30. The molecule has 1 atom stereocenters. The minimum Gasteiger partial charge on any atom is -0.348 e. The van der Waals surface area contributed by atoms with Gasteiger partial charge in [-0.3, -0.25) is 34.2 Å². The van der Waals surface area contributed by atoms with Gasteiger partial charge >= 0.3 is 0 Å². The molecule has 0 spiro atoms. The Morgan fingerprint density at radius 2 is 1.84 bits per heavy atom. The zero-order chi connectivity index (χ0) is 22.3. The number of nitrogens with zero attached hydrogens (tertiary/aromatic N) is 1. The van der Waals surface area contributed by atoms with Crippen molar-refractivity contribution in [2.75, 3.05) is 0 Å². The molecule has 0 bridgehead atoms. The number of fused-ring (bicyclic) bond motifs is 1. The number of piperidine rings is 1. The Hall–Kier alpha value is -3.95. The number of benzene rings is 2. The Balaban J connectivity index is 1.56. The van der Waals surface area contributed by atoms with E-state index in [2.05, 4.69) is 10.6 Å². The quantitative estimate of drug-likeness (QED) is 0.715. The van der Waals surface area contributed by atoms with E-state index in [9.17, 15) is 32.8 Å². The van der Waals surface area contributed by atoms with Crippen LogP contribution in [0.1, 0.15) is 49.5 Å². The van der Waals surface area contributed by atoms with Crippen molar-refractivity contribution in [2.45, 2.75) is 25.4 Å². The Labute approximate surface area is 174 Å². The van der Waals surface area contributed by atoms with Crippen LogP contribution in [0.15, 0.2) is 36.4 Å². The third kappa shape index (κ3) is 3.56. The summed E-state index contributed by atoms with van der Waals surface area (Å²) in [6.45, 7) is -0.163. The summed E-state index contributed by atoms with van der Waals surface area (Å²) in [5.41, 5.74) is 0.331. The first-order chi connectivity index (χ1) is 14.8. The molecule has 0 radical (unpaired) electrons. The van der Waals surface area contributed by atoms with Crippen molar-refractivity contribution in [3.05, 3.63) is 70.3 Å². The lowest BCUT2D eigenvalue weighted by Gasteiger charge is -2.27. The molecule has 158 valence electrons. The van der Waals surface area contributed by atoms with Crippen molar-refractivity contribution in [1.82, 2.24) is 15.5 Å². The first kappa shape index (κ1) is 20.3. The summed E-state index contributed by atoms with van der Waals surface area (Å²) in [4.78, 5) is 62.4. The van der Waals surface area contributed by atoms with Gasteiger partial charge in [0.05, 0.1) is 11.1 Å². The fraction of sp³-hybridized carbons (Fsp3) is 0.190. The average molecular weight is 427 g/mol. The smallest absolute Gasteiger partial charge is 0.262 e. The first-order valence-corrected chi connectivity index (χ1v) is 9.34. The highest BCUT2D eigenvalue weighted by Gasteiger charge is 2.45. The summed E-state index contributed by atoms with van der Waals surface area (Å²) in [5, 5.41) is 4.62. The molecule has 1 saturated heterocycles. The highest BCUT2D eigenvalue weighted by molar-refractivity contribution is 6.24. The van der Waals surface area contributed by atoms with Crippen LogP contribution >= 0.6 is 0 Å². The van der Waals surface area contributed by atoms with E-state index >= 15 is 0 Å². The fourth-order valence-electron chi connectivity index (χ4n) is 3.65. The van der Waals surface area contributed by atoms with Gasteiger partial charge in [-0.05, 0) is 36.2 Å². The molecular weight excluding hydrogens is 412 g/mol. The van der Waals surface area contributed by atoms with Gasteiger partial charge in [0.2, 0.25) is 11.8 Å². The van der Waals surface area contributed by atoms with Crippen LogP contribution in [0.25, 0.3) is 0 Å². The number of rotatable bonds is 4. The molecule has 0 aromatic heterocycles. The first-order valence-electron chi connectivity index (χ1n) is 9.34. The van der Waals surface area contributed by atoms with Gasteiger partial charge in [-0.25, -0.2) is 8.78 Å². The minimum atomic E-state index is -1.17. The molecule has 31 heavy (non-hydrogen) atoms. The molecule has 5 amide bonds. The average Bonchev–Trinajstić information content (AvgIpc) is 2.99. The molecule has 2 aromatic carbocycles. The van der Waals surface area contributed by atoms with Crippen LogP contribution in [-0.2, 0) is 16.1 Å². The van der Waals surface area contributed by atoms with Crippen LogP contribution in [-0.4, -0.2) is 40.5 Å². The molecule has 2 aromatic rings. The van der Waals surface area contributed by atoms with E-state index in [0.29, 0.717) is 5.56 Å². The van der Waals surface area contributed by atoms with E-state index in [-0.39, 0.29) is 36.1 Å². The third-order valence-corrected chi connectivity index (χ3v) is 5.18. The van der Waals surface area contributed by atoms with Gasteiger partial charge in [-0.15, -0.1) is 0 Å². The number of imide groups is 2. The number of carbonyl (C=O) groups excluding carboxylic acids is 5. The van der Waals surface area contributed by atoms with Crippen LogP contribution < -0.4 is 10.6 Å². The van der Waals surface area contributed by atoms with Gasteiger partial charge in [0.15, 0.2) is 11.6 Å². The normalized spacial score (nSPS) is 18.1. The van der Waals surface area contributed by atoms with E-state index in [1.165, 1.54) is 18.2 Å². The van der Waals surface area contributed by atoms with Crippen LogP contribution in [0, 0.1) is 11.6 Å². The van der Waals surface area contributed by atoms with Gasteiger partial charge < -0.3 is 5.32 Å². The maximum absolute atomic E-state index is 13.4. The highest BCUT2D eigenvalue weighted by atomic mass is 19.2. The summed E-state index contributed by atoms with van der Waals surface area (Å²) >= 11 is 0. The second-order valence-electron chi connectivity index (χ2n) is 7.10. The number of amides is 5. The van der Waals surface area contributed by atoms with E-state index in [4.69, 9.17) is 0 Å². The molecule has 0 aliphatic carbocycles. The largest absolute Gasteiger partial charge is 0.348 e. The lowest BCUT2D eigenvalue weighted by molar-refractivity contribution is -0.136. The second kappa shape index (κ2) is 7.71. The number of halogens is 2. The van der Waals surface area contributed by atoms with Crippen molar-refractivity contribution >= 4 is 29.5 Å². The Morgan fingerprint density at radius 3 is 2.55 bits per heavy atom. The zero-order valence-electron chi connectivity index (χ0n) is 15.9. The van der Waals surface area contributed by atoms with Crippen molar-refractivity contribution < 1.29 is 32.8 Å². The SMILES string of the molecule is O=C1CCC(N2C(=O)c3cccc(CNC(=O)c4ccc(F)c(F)c4)c3C2=O)C(=O)N1. The lowest BCUT2D eigenvalue weighted by Crippen LogP contribution is -2.54. The topological polar surface area (TPSA) is 113 Å². The maximum atomic E-state index is 13.4. The van der Waals surface area contributed by atoms with Crippen molar-refractivity contribution in [3.8, 4) is 0 Å². The van der Waals surface area contributed by atoms with Crippen LogP contribution in [0.2, 0.25) is 0 Å². The predicted molar refractivity (Wildman–Crippen MR) is 101 cm³/mol. The van der Waals surface area contributed by atoms with E-state index < -0.39 is 47.2 Å². The van der Waals surface area contributed by atoms with Gasteiger partial charge in [0.1, 0.15) is 6.04 Å². The van der Waals surface area contributed by atoms with Crippen molar-refractivity contribution in [1.29, 1.82) is 0 Å². The monoisotopic (exact) mass is 427 g/mol. The van der Waals surface area contributed by atoms with E-state index in [1.807, 2.05) is 0 Å². The zero-order valence-corrected chi connectivity index (χ0v) is 15.9. The summed E-state index contributed by atoms with van der Waals surface area (Å²) in [5.74, 6) is -5.52. The summed E-state index contributed by atoms with van der Waals surface area (Å²) in [6.07, 6.45) is 0.0271. The molecule has 1 fully saturated rings. The highest BCUT2D eigenvalue weighted by Crippen LogP contribution is 2.30. The van der Waals surface area contributed by atoms with Gasteiger partial charge in [-0.2, -0.15) is 0 Å². The van der Waals surface area contributed by atoms with Gasteiger partial charge in [0.25, 0.3) is 17.7 Å². The van der Waals surface area contributed by atoms with Crippen LogP contribution in [0.3, 0.4) is 0 Å². The molecule has 8 nitrogen and oxygen atoms in total. The summed E-state index contributed by atoms with van der Waals surface area (Å²) < 4.78 is 26.4. The standard InChI is InChI=1S/C21H15F2N3O5/c22-13-5-4-10(8-14(13)23)18(28)24-9-11-2-1-3-12-17(11)21(31)26(20(12)30)15-6-7-16(27)25-19(15)29/h1-5,8,15H,6-7,9H2,(H,24,28)(H,25,27,29). The molecule has 2 heterocycles. The fourth-order valence-corrected chi connectivity index (χ4v) is 3.65. The maximum Gasteiger partial charge on any atom is 0.262 e. The number of hydrogen-bond donors (Lipinski definition) is 2. The van der Waals surface area contributed by atoms with Crippen molar-refractivity contribution in [2.24, 2.45) is 0 Å². The number of hydrogen-bond acceptors (Lipinski definition) is 5. The Kier molecular flexibility index (Phi) is 5.05. The molecule has 2 aliphatic rings. The Bertz CT molecular complexity index is 1160. The molecule has 4 rings (SSSR count). The molecule has 2 N–H and O–H groups in total. The number of carbonyl (C=O) groups is 5. The molecule has 1 unspecified atom stereocenters. The molecule has 10 heteroatoms. The van der Waals surface area contributed by atoms with Crippen LogP contribution in [0.5, 0.6) is 0 Å². The second-order valence-corrected chi connectivity index (χ2v) is 7.10. The van der Waals surface area contributed by atoms with Crippen LogP contribution in [0.4, 0.5) is 8.78 Å².